The highest BCUT2D eigenvalue weighted by molar-refractivity contribution is 5.89. The Morgan fingerprint density at radius 2 is 1.67 bits per heavy atom. The van der Waals surface area contributed by atoms with Gasteiger partial charge in [-0.05, 0) is 59.9 Å². The van der Waals surface area contributed by atoms with E-state index >= 15 is 0 Å². The lowest BCUT2D eigenvalue weighted by Crippen LogP contribution is -2.39. The van der Waals surface area contributed by atoms with Crippen molar-refractivity contribution in [3.63, 3.8) is 0 Å². The Hall–Kier alpha value is -2.90. The number of hydrogen-bond donors (Lipinski definition) is 0. The fourth-order valence-electron chi connectivity index (χ4n) is 3.17. The van der Waals surface area contributed by atoms with Gasteiger partial charge in [0.15, 0.2) is 5.65 Å². The van der Waals surface area contributed by atoms with Crippen LogP contribution in [0.2, 0.25) is 0 Å². The van der Waals surface area contributed by atoms with Gasteiger partial charge in [-0.25, -0.2) is 14.6 Å². The largest absolute Gasteiger partial charge is 0.443 e. The van der Waals surface area contributed by atoms with Gasteiger partial charge in [0.25, 0.3) is 0 Å². The number of ether oxygens (including phenoxy) is 2. The fraction of sp³-hybridized carbons (Fsp3) is 0.545. The molecule has 3 rings (SSSR count). The maximum Gasteiger partial charge on any atom is 0.437 e. The second-order valence-electron chi connectivity index (χ2n) is 9.69. The molecule has 2 aromatic heterocycles. The van der Waals surface area contributed by atoms with Crippen LogP contribution in [0, 0.1) is 5.92 Å². The van der Waals surface area contributed by atoms with Crippen molar-refractivity contribution in [1.82, 2.24) is 19.7 Å². The Morgan fingerprint density at radius 3 is 2.30 bits per heavy atom. The summed E-state index contributed by atoms with van der Waals surface area (Å²) in [5, 5.41) is 4.82. The second-order valence-corrected chi connectivity index (χ2v) is 9.69. The van der Waals surface area contributed by atoms with E-state index in [0.29, 0.717) is 23.5 Å². The van der Waals surface area contributed by atoms with Crippen molar-refractivity contribution in [3.8, 4) is 0 Å². The van der Waals surface area contributed by atoms with Gasteiger partial charge in [0, 0.05) is 23.7 Å². The minimum absolute atomic E-state index is 0.327. The van der Waals surface area contributed by atoms with E-state index < -0.39 is 17.3 Å². The maximum absolute atomic E-state index is 12.8. The zero-order valence-electron chi connectivity index (χ0n) is 18.7. The minimum Gasteiger partial charge on any atom is -0.443 e. The first kappa shape index (κ1) is 21.8. The molecule has 0 N–H and O–H groups in total. The molecule has 0 radical (unpaired) electrons. The van der Waals surface area contributed by atoms with Crippen LogP contribution in [-0.4, -0.2) is 49.6 Å². The third kappa shape index (κ3) is 4.98. The molecule has 0 saturated heterocycles. The predicted molar refractivity (Wildman–Crippen MR) is 114 cm³/mol. The van der Waals surface area contributed by atoms with Gasteiger partial charge in [-0.3, -0.25) is 4.90 Å². The zero-order valence-corrected chi connectivity index (χ0v) is 18.7. The highest BCUT2D eigenvalue weighted by atomic mass is 16.6. The van der Waals surface area contributed by atoms with E-state index in [4.69, 9.17) is 9.47 Å². The maximum atomic E-state index is 12.8. The van der Waals surface area contributed by atoms with E-state index in [1.807, 2.05) is 32.9 Å². The van der Waals surface area contributed by atoms with Crippen LogP contribution in [0.15, 0.2) is 24.5 Å². The summed E-state index contributed by atoms with van der Waals surface area (Å²) < 4.78 is 12.1. The molecule has 0 aliphatic carbocycles. The standard InChI is InChI=1S/C22H30N4O4/c1-14-8-9-17(25(13-14)19(27)29-21(2,3)4)15-10-16-12-24-26(18(16)23-11-15)20(28)30-22(5,6)7/h9-12,14H,8,13H2,1-7H3. The molecule has 1 unspecified atom stereocenters. The number of rotatable bonds is 1. The number of allylic oxidation sites excluding steroid dienone is 1. The number of amides is 1. The summed E-state index contributed by atoms with van der Waals surface area (Å²) in [6, 6.07) is 1.87. The molecular formula is C22H30N4O4. The van der Waals surface area contributed by atoms with E-state index in [9.17, 15) is 9.59 Å². The topological polar surface area (TPSA) is 86.6 Å². The SMILES string of the molecule is CC1CC=C(c2cnc3c(cnn3C(=O)OC(C)(C)C)c2)N(C(=O)OC(C)(C)C)C1. The average molecular weight is 415 g/mol. The molecule has 0 fully saturated rings. The highest BCUT2D eigenvalue weighted by Crippen LogP contribution is 2.30. The first-order valence-corrected chi connectivity index (χ1v) is 10.1. The van der Waals surface area contributed by atoms with Gasteiger partial charge < -0.3 is 9.47 Å². The number of fused-ring (bicyclic) bond motifs is 1. The van der Waals surface area contributed by atoms with Crippen LogP contribution in [0.25, 0.3) is 16.7 Å². The molecule has 0 saturated carbocycles. The Balaban J connectivity index is 1.93. The molecule has 0 aromatic carbocycles. The summed E-state index contributed by atoms with van der Waals surface area (Å²) in [6.45, 7) is 13.6. The molecule has 0 spiro atoms. The number of hydrogen-bond acceptors (Lipinski definition) is 6. The third-order valence-corrected chi connectivity index (χ3v) is 4.38. The van der Waals surface area contributed by atoms with Crippen molar-refractivity contribution in [2.45, 2.75) is 66.1 Å². The molecule has 30 heavy (non-hydrogen) atoms. The number of aromatic nitrogens is 3. The van der Waals surface area contributed by atoms with Gasteiger partial charge in [0.05, 0.1) is 11.9 Å². The van der Waals surface area contributed by atoms with Crippen molar-refractivity contribution in [2.24, 2.45) is 5.92 Å². The molecule has 3 heterocycles. The van der Waals surface area contributed by atoms with Crippen molar-refractivity contribution in [1.29, 1.82) is 0 Å². The van der Waals surface area contributed by atoms with Crippen molar-refractivity contribution >= 4 is 28.9 Å². The van der Waals surface area contributed by atoms with Gasteiger partial charge in [-0.2, -0.15) is 5.10 Å². The normalized spacial score (nSPS) is 17.6. The summed E-state index contributed by atoms with van der Waals surface area (Å²) in [4.78, 5) is 31.3. The second kappa shape index (κ2) is 7.74. The molecule has 0 bridgehead atoms. The fourth-order valence-corrected chi connectivity index (χ4v) is 3.17. The monoisotopic (exact) mass is 414 g/mol. The zero-order chi connectivity index (χ0) is 22.3. The lowest BCUT2D eigenvalue weighted by molar-refractivity contribution is 0.0327. The van der Waals surface area contributed by atoms with Crippen LogP contribution in [0.4, 0.5) is 9.59 Å². The van der Waals surface area contributed by atoms with Crippen LogP contribution >= 0.6 is 0 Å². The molecule has 2 aromatic rings. The molecule has 1 amide bonds. The Kier molecular flexibility index (Phi) is 5.62. The van der Waals surface area contributed by atoms with Gasteiger partial charge in [0.2, 0.25) is 0 Å². The summed E-state index contributed by atoms with van der Waals surface area (Å²) in [5.74, 6) is 0.327. The van der Waals surface area contributed by atoms with Gasteiger partial charge in [-0.1, -0.05) is 13.0 Å². The van der Waals surface area contributed by atoms with E-state index in [2.05, 4.69) is 17.0 Å². The molecule has 1 atom stereocenters. The number of carbonyl (C=O) groups excluding carboxylic acids is 2. The number of nitrogens with zero attached hydrogens (tertiary/aromatic N) is 4. The van der Waals surface area contributed by atoms with Crippen molar-refractivity contribution < 1.29 is 19.1 Å². The van der Waals surface area contributed by atoms with Crippen molar-refractivity contribution in [3.05, 3.63) is 30.1 Å². The van der Waals surface area contributed by atoms with E-state index in [-0.39, 0.29) is 6.09 Å². The lowest BCUT2D eigenvalue weighted by atomic mass is 9.99. The smallest absolute Gasteiger partial charge is 0.437 e. The van der Waals surface area contributed by atoms with Gasteiger partial charge >= 0.3 is 12.2 Å². The van der Waals surface area contributed by atoms with E-state index in [1.165, 1.54) is 0 Å². The third-order valence-electron chi connectivity index (χ3n) is 4.38. The van der Waals surface area contributed by atoms with Crippen LogP contribution in [0.5, 0.6) is 0 Å². The summed E-state index contributed by atoms with van der Waals surface area (Å²) in [7, 11) is 0. The summed E-state index contributed by atoms with van der Waals surface area (Å²) >= 11 is 0. The van der Waals surface area contributed by atoms with Crippen molar-refractivity contribution in [2.75, 3.05) is 6.54 Å². The first-order chi connectivity index (χ1) is 13.8. The summed E-state index contributed by atoms with van der Waals surface area (Å²) in [6.07, 6.45) is 5.12. The first-order valence-electron chi connectivity index (χ1n) is 10.1. The average Bonchev–Trinajstić information content (AvgIpc) is 3.02. The summed E-state index contributed by atoms with van der Waals surface area (Å²) in [5.41, 5.74) is 0.708. The van der Waals surface area contributed by atoms with Crippen LogP contribution in [0.1, 0.15) is 60.5 Å². The molecule has 8 nitrogen and oxygen atoms in total. The number of pyridine rings is 1. The predicted octanol–water partition coefficient (Wildman–Crippen LogP) is 4.83. The Bertz CT molecular complexity index is 995. The van der Waals surface area contributed by atoms with Crippen LogP contribution in [0.3, 0.4) is 0 Å². The van der Waals surface area contributed by atoms with Crippen LogP contribution < -0.4 is 0 Å². The van der Waals surface area contributed by atoms with Gasteiger partial charge in [0.1, 0.15) is 11.2 Å². The van der Waals surface area contributed by atoms with E-state index in [1.54, 1.807) is 38.1 Å². The molecule has 1 aliphatic heterocycles. The van der Waals surface area contributed by atoms with E-state index in [0.717, 1.165) is 22.4 Å². The minimum atomic E-state index is -0.632. The molecule has 162 valence electrons. The Morgan fingerprint density at radius 1 is 1.03 bits per heavy atom. The van der Waals surface area contributed by atoms with Gasteiger partial charge in [-0.15, -0.1) is 4.68 Å². The quantitative estimate of drug-likeness (QED) is 0.664. The highest BCUT2D eigenvalue weighted by Gasteiger charge is 2.30. The molecular weight excluding hydrogens is 384 g/mol. The van der Waals surface area contributed by atoms with Crippen LogP contribution in [-0.2, 0) is 9.47 Å². The lowest BCUT2D eigenvalue weighted by Gasteiger charge is -2.33. The Labute approximate surface area is 176 Å². The molecule has 1 aliphatic rings. The molecule has 8 heteroatoms. The number of carbonyl (C=O) groups is 2.